The van der Waals surface area contributed by atoms with Gasteiger partial charge in [-0.05, 0) is 49.9 Å². The number of aromatic hydroxyl groups is 1. The van der Waals surface area contributed by atoms with Crippen molar-refractivity contribution in [3.63, 3.8) is 0 Å². The molecule has 0 aliphatic carbocycles. The Balaban J connectivity index is 2.14. The minimum Gasteiger partial charge on any atom is -0.508 e. The van der Waals surface area contributed by atoms with E-state index in [1.807, 2.05) is 37.4 Å². The molecule has 0 aromatic heterocycles. The Hall–Kier alpha value is -1.71. The van der Waals surface area contributed by atoms with E-state index in [0.717, 1.165) is 16.9 Å². The summed E-state index contributed by atoms with van der Waals surface area (Å²) < 4.78 is 5.86. The molecule has 0 amide bonds. The van der Waals surface area contributed by atoms with Crippen LogP contribution in [0.3, 0.4) is 0 Å². The summed E-state index contributed by atoms with van der Waals surface area (Å²) in [6.07, 6.45) is 0. The lowest BCUT2D eigenvalue weighted by molar-refractivity contribution is 0.300. The molecule has 1 unspecified atom stereocenters. The molecule has 106 valence electrons. The van der Waals surface area contributed by atoms with Crippen molar-refractivity contribution in [3.05, 3.63) is 58.6 Å². The van der Waals surface area contributed by atoms with Gasteiger partial charge in [0.25, 0.3) is 0 Å². The van der Waals surface area contributed by atoms with Crippen LogP contribution in [-0.2, 0) is 6.61 Å². The maximum absolute atomic E-state index is 9.26. The van der Waals surface area contributed by atoms with Crippen molar-refractivity contribution in [1.82, 2.24) is 5.32 Å². The third-order valence-electron chi connectivity index (χ3n) is 3.20. The first-order valence-electron chi connectivity index (χ1n) is 6.47. The average Bonchev–Trinajstić information content (AvgIpc) is 2.46. The first-order chi connectivity index (χ1) is 9.60. The Morgan fingerprint density at radius 3 is 2.55 bits per heavy atom. The van der Waals surface area contributed by atoms with E-state index in [2.05, 4.69) is 12.2 Å². The van der Waals surface area contributed by atoms with Crippen molar-refractivity contribution < 1.29 is 9.84 Å². The first-order valence-corrected chi connectivity index (χ1v) is 6.85. The van der Waals surface area contributed by atoms with Crippen LogP contribution in [-0.4, -0.2) is 12.2 Å². The maximum Gasteiger partial charge on any atom is 0.124 e. The van der Waals surface area contributed by atoms with E-state index in [0.29, 0.717) is 11.6 Å². The number of halogens is 1. The van der Waals surface area contributed by atoms with Crippen molar-refractivity contribution in [1.29, 1.82) is 0 Å². The fourth-order valence-electron chi connectivity index (χ4n) is 1.90. The highest BCUT2D eigenvalue weighted by Crippen LogP contribution is 2.29. The van der Waals surface area contributed by atoms with Gasteiger partial charge in [-0.15, -0.1) is 0 Å². The standard InChI is InChI=1S/C16H18ClNO2/c1-11(18-2)15-9-13(17)5-8-16(15)20-10-12-3-6-14(19)7-4-12/h3-9,11,18-19H,10H2,1-2H3. The highest BCUT2D eigenvalue weighted by molar-refractivity contribution is 6.30. The van der Waals surface area contributed by atoms with Gasteiger partial charge >= 0.3 is 0 Å². The van der Waals surface area contributed by atoms with E-state index in [9.17, 15) is 5.11 Å². The quantitative estimate of drug-likeness (QED) is 0.878. The molecule has 1 atom stereocenters. The predicted octanol–water partition coefficient (Wildman–Crippen LogP) is 3.91. The molecule has 0 radical (unpaired) electrons. The van der Waals surface area contributed by atoms with Gasteiger partial charge in [0.2, 0.25) is 0 Å². The zero-order chi connectivity index (χ0) is 14.5. The molecule has 0 heterocycles. The van der Waals surface area contributed by atoms with Crippen molar-refractivity contribution in [2.45, 2.75) is 19.6 Å². The van der Waals surface area contributed by atoms with Gasteiger partial charge in [-0.2, -0.15) is 0 Å². The van der Waals surface area contributed by atoms with E-state index in [1.165, 1.54) is 0 Å². The van der Waals surface area contributed by atoms with E-state index >= 15 is 0 Å². The molecule has 2 N–H and O–H groups in total. The van der Waals surface area contributed by atoms with Gasteiger partial charge in [0.1, 0.15) is 18.1 Å². The topological polar surface area (TPSA) is 41.5 Å². The van der Waals surface area contributed by atoms with Crippen molar-refractivity contribution in [3.8, 4) is 11.5 Å². The van der Waals surface area contributed by atoms with Crippen LogP contribution in [0.25, 0.3) is 0 Å². The summed E-state index contributed by atoms with van der Waals surface area (Å²) in [4.78, 5) is 0. The molecule has 3 nitrogen and oxygen atoms in total. The summed E-state index contributed by atoms with van der Waals surface area (Å²) in [5.74, 6) is 1.06. The number of phenols is 1. The number of hydrogen-bond donors (Lipinski definition) is 2. The zero-order valence-electron chi connectivity index (χ0n) is 11.6. The van der Waals surface area contributed by atoms with Gasteiger partial charge in [0.05, 0.1) is 0 Å². The van der Waals surface area contributed by atoms with E-state index < -0.39 is 0 Å². The third-order valence-corrected chi connectivity index (χ3v) is 3.44. The molecule has 0 bridgehead atoms. The monoisotopic (exact) mass is 291 g/mol. The minimum atomic E-state index is 0.156. The summed E-state index contributed by atoms with van der Waals surface area (Å²) in [5.41, 5.74) is 2.03. The number of rotatable bonds is 5. The molecular weight excluding hydrogens is 274 g/mol. The molecule has 0 saturated carbocycles. The Morgan fingerprint density at radius 1 is 1.20 bits per heavy atom. The molecule has 2 rings (SSSR count). The van der Waals surface area contributed by atoms with Gasteiger partial charge in [0.15, 0.2) is 0 Å². The molecule has 4 heteroatoms. The molecule has 2 aromatic rings. The van der Waals surface area contributed by atoms with Gasteiger partial charge in [-0.3, -0.25) is 0 Å². The molecule has 0 spiro atoms. The second-order valence-electron chi connectivity index (χ2n) is 4.65. The largest absolute Gasteiger partial charge is 0.508 e. The van der Waals surface area contributed by atoms with Gasteiger partial charge in [0, 0.05) is 16.6 Å². The Labute approximate surface area is 124 Å². The summed E-state index contributed by atoms with van der Waals surface area (Å²) >= 11 is 6.04. The lowest BCUT2D eigenvalue weighted by Crippen LogP contribution is -2.13. The van der Waals surface area contributed by atoms with E-state index in [-0.39, 0.29) is 11.8 Å². The number of ether oxygens (including phenoxy) is 1. The SMILES string of the molecule is CNC(C)c1cc(Cl)ccc1OCc1ccc(O)cc1. The zero-order valence-corrected chi connectivity index (χ0v) is 12.3. The number of nitrogens with one attached hydrogen (secondary N) is 1. The first kappa shape index (κ1) is 14.7. The van der Waals surface area contributed by atoms with Crippen LogP contribution < -0.4 is 10.1 Å². The molecule has 0 aliphatic rings. The molecule has 0 aliphatic heterocycles. The summed E-state index contributed by atoms with van der Waals surface area (Å²) in [6.45, 7) is 2.50. The third kappa shape index (κ3) is 3.65. The average molecular weight is 292 g/mol. The van der Waals surface area contributed by atoms with Crippen molar-refractivity contribution in [2.24, 2.45) is 0 Å². The van der Waals surface area contributed by atoms with Crippen LogP contribution in [0.2, 0.25) is 5.02 Å². The normalized spacial score (nSPS) is 12.2. The van der Waals surface area contributed by atoms with Crippen LogP contribution >= 0.6 is 11.6 Å². The fourth-order valence-corrected chi connectivity index (χ4v) is 2.08. The second kappa shape index (κ2) is 6.64. The predicted molar refractivity (Wildman–Crippen MR) is 81.4 cm³/mol. The summed E-state index contributed by atoms with van der Waals surface area (Å²) in [6, 6.07) is 12.7. The molecule has 20 heavy (non-hydrogen) atoms. The summed E-state index contributed by atoms with van der Waals surface area (Å²) in [7, 11) is 1.90. The summed E-state index contributed by atoms with van der Waals surface area (Å²) in [5, 5.41) is 13.1. The number of benzene rings is 2. The number of hydrogen-bond acceptors (Lipinski definition) is 3. The molecule has 0 saturated heterocycles. The van der Waals surface area contributed by atoms with Crippen molar-refractivity contribution in [2.75, 3.05) is 7.05 Å². The number of phenolic OH excluding ortho intramolecular Hbond substituents is 1. The molecule has 0 fully saturated rings. The fraction of sp³-hybridized carbons (Fsp3) is 0.250. The van der Waals surface area contributed by atoms with E-state index in [1.54, 1.807) is 12.1 Å². The lowest BCUT2D eigenvalue weighted by Gasteiger charge is -2.17. The molecule has 2 aromatic carbocycles. The van der Waals surface area contributed by atoms with E-state index in [4.69, 9.17) is 16.3 Å². The lowest BCUT2D eigenvalue weighted by atomic mass is 10.1. The second-order valence-corrected chi connectivity index (χ2v) is 5.08. The Kier molecular flexibility index (Phi) is 4.88. The van der Waals surface area contributed by atoms with Crippen molar-refractivity contribution >= 4 is 11.6 Å². The highest BCUT2D eigenvalue weighted by Gasteiger charge is 2.11. The maximum atomic E-state index is 9.26. The van der Waals surface area contributed by atoms with Crippen LogP contribution in [0.5, 0.6) is 11.5 Å². The smallest absolute Gasteiger partial charge is 0.124 e. The van der Waals surface area contributed by atoms with Crippen LogP contribution in [0.15, 0.2) is 42.5 Å². The Morgan fingerprint density at radius 2 is 1.90 bits per heavy atom. The van der Waals surface area contributed by atoms with Gasteiger partial charge in [-0.25, -0.2) is 0 Å². The molecular formula is C16H18ClNO2. The minimum absolute atomic E-state index is 0.156. The highest BCUT2D eigenvalue weighted by atomic mass is 35.5. The van der Waals surface area contributed by atoms with Crippen LogP contribution in [0.1, 0.15) is 24.1 Å². The van der Waals surface area contributed by atoms with Gasteiger partial charge < -0.3 is 15.2 Å². The van der Waals surface area contributed by atoms with Crippen LogP contribution in [0, 0.1) is 0 Å². The van der Waals surface area contributed by atoms with Gasteiger partial charge in [-0.1, -0.05) is 23.7 Å². The van der Waals surface area contributed by atoms with Crippen LogP contribution in [0.4, 0.5) is 0 Å². The Bertz CT molecular complexity index is 569.